The minimum absolute atomic E-state index is 0.136. The Morgan fingerprint density at radius 2 is 2.23 bits per heavy atom. The van der Waals surface area contributed by atoms with Gasteiger partial charge in [-0.25, -0.2) is 0 Å². The molecular formula is C15H16N4O2S. The van der Waals surface area contributed by atoms with E-state index in [1.807, 2.05) is 18.2 Å². The van der Waals surface area contributed by atoms with Gasteiger partial charge < -0.3 is 10.2 Å². The zero-order valence-corrected chi connectivity index (χ0v) is 13.0. The fourth-order valence-corrected chi connectivity index (χ4v) is 3.01. The summed E-state index contributed by atoms with van der Waals surface area (Å²) in [7, 11) is 0. The number of hydrogen-bond acceptors (Lipinski definition) is 5. The Labute approximate surface area is 132 Å². The molecule has 1 aliphatic rings. The Morgan fingerprint density at radius 1 is 1.36 bits per heavy atom. The van der Waals surface area contributed by atoms with Crippen LogP contribution >= 0.6 is 11.5 Å². The van der Waals surface area contributed by atoms with Crippen molar-refractivity contribution < 1.29 is 9.59 Å². The maximum Gasteiger partial charge on any atom is 0.269 e. The molecule has 0 radical (unpaired) electrons. The van der Waals surface area contributed by atoms with Crippen LogP contribution in [-0.4, -0.2) is 27.9 Å². The van der Waals surface area contributed by atoms with E-state index in [-0.39, 0.29) is 11.8 Å². The standard InChI is InChI=1S/C15H16N4O2S/c1-10-14(22-18-17-10)15(21)16-11-5-4-6-12(9-11)19-8-3-2-7-13(19)20/h4-6,9H,2-3,7-8H2,1H3,(H,16,21). The Bertz CT molecular complexity index is 713. The molecule has 0 spiro atoms. The van der Waals surface area contributed by atoms with Crippen LogP contribution in [0.3, 0.4) is 0 Å². The molecule has 0 unspecified atom stereocenters. The van der Waals surface area contributed by atoms with Crippen LogP contribution in [0.15, 0.2) is 24.3 Å². The van der Waals surface area contributed by atoms with Crippen molar-refractivity contribution in [3.63, 3.8) is 0 Å². The third-order valence-electron chi connectivity index (χ3n) is 3.60. The highest BCUT2D eigenvalue weighted by Gasteiger charge is 2.20. The van der Waals surface area contributed by atoms with Gasteiger partial charge in [-0.05, 0) is 49.5 Å². The van der Waals surface area contributed by atoms with Crippen molar-refractivity contribution in [3.05, 3.63) is 34.8 Å². The average Bonchev–Trinajstić information content (AvgIpc) is 2.94. The first-order chi connectivity index (χ1) is 10.6. The minimum atomic E-state index is -0.227. The molecule has 6 nitrogen and oxygen atoms in total. The second-order valence-corrected chi connectivity index (χ2v) is 5.95. The van der Waals surface area contributed by atoms with E-state index in [1.54, 1.807) is 17.9 Å². The molecule has 0 saturated carbocycles. The second kappa shape index (κ2) is 6.23. The first-order valence-corrected chi connectivity index (χ1v) is 7.93. The maximum absolute atomic E-state index is 12.2. The first-order valence-electron chi connectivity index (χ1n) is 7.16. The third-order valence-corrected chi connectivity index (χ3v) is 4.42. The summed E-state index contributed by atoms with van der Waals surface area (Å²) in [4.78, 5) is 26.4. The number of piperidine rings is 1. The fraction of sp³-hybridized carbons (Fsp3) is 0.333. The summed E-state index contributed by atoms with van der Waals surface area (Å²) >= 11 is 1.07. The lowest BCUT2D eigenvalue weighted by molar-refractivity contribution is -0.119. The third kappa shape index (κ3) is 2.99. The van der Waals surface area contributed by atoms with E-state index in [1.165, 1.54) is 0 Å². The number of carbonyl (C=O) groups is 2. The van der Waals surface area contributed by atoms with Crippen LogP contribution in [0, 0.1) is 6.92 Å². The number of amides is 2. The molecule has 2 aromatic rings. The van der Waals surface area contributed by atoms with Crippen LogP contribution in [0.2, 0.25) is 0 Å². The van der Waals surface area contributed by atoms with Crippen molar-refractivity contribution in [2.75, 3.05) is 16.8 Å². The van der Waals surface area contributed by atoms with Crippen LogP contribution in [0.4, 0.5) is 11.4 Å². The maximum atomic E-state index is 12.2. The van der Waals surface area contributed by atoms with Gasteiger partial charge in [0.05, 0.1) is 5.69 Å². The first kappa shape index (κ1) is 14.6. The van der Waals surface area contributed by atoms with E-state index in [4.69, 9.17) is 0 Å². The van der Waals surface area contributed by atoms with Crippen molar-refractivity contribution in [2.24, 2.45) is 0 Å². The van der Waals surface area contributed by atoms with E-state index in [0.29, 0.717) is 22.7 Å². The molecule has 3 rings (SSSR count). The molecule has 7 heteroatoms. The molecule has 1 aliphatic heterocycles. The molecule has 1 fully saturated rings. The molecule has 22 heavy (non-hydrogen) atoms. The fourth-order valence-electron chi connectivity index (χ4n) is 2.46. The number of aryl methyl sites for hydroxylation is 1. The van der Waals surface area contributed by atoms with Gasteiger partial charge in [-0.3, -0.25) is 9.59 Å². The van der Waals surface area contributed by atoms with Gasteiger partial charge >= 0.3 is 0 Å². The topological polar surface area (TPSA) is 75.2 Å². The van der Waals surface area contributed by atoms with Gasteiger partial charge in [-0.15, -0.1) is 5.10 Å². The molecule has 2 heterocycles. The number of nitrogens with zero attached hydrogens (tertiary/aromatic N) is 3. The molecule has 1 aromatic heterocycles. The number of rotatable bonds is 3. The molecule has 1 aromatic carbocycles. The second-order valence-electron chi connectivity index (χ2n) is 5.19. The lowest BCUT2D eigenvalue weighted by Gasteiger charge is -2.27. The van der Waals surface area contributed by atoms with E-state index in [2.05, 4.69) is 14.9 Å². The number of aromatic nitrogens is 2. The van der Waals surface area contributed by atoms with E-state index in [9.17, 15) is 9.59 Å². The van der Waals surface area contributed by atoms with Crippen LogP contribution < -0.4 is 10.2 Å². The molecule has 0 bridgehead atoms. The molecular weight excluding hydrogens is 300 g/mol. The Hall–Kier alpha value is -2.28. The van der Waals surface area contributed by atoms with E-state index in [0.717, 1.165) is 36.6 Å². The molecule has 2 amide bonds. The summed E-state index contributed by atoms with van der Waals surface area (Å²) in [5.74, 6) is -0.0909. The largest absolute Gasteiger partial charge is 0.321 e. The van der Waals surface area contributed by atoms with Gasteiger partial charge in [0, 0.05) is 24.3 Å². The average molecular weight is 316 g/mol. The van der Waals surface area contributed by atoms with Gasteiger partial charge in [-0.1, -0.05) is 10.6 Å². The normalized spacial score (nSPS) is 15.0. The molecule has 1 saturated heterocycles. The van der Waals surface area contributed by atoms with Gasteiger partial charge in [0.2, 0.25) is 5.91 Å². The summed E-state index contributed by atoms with van der Waals surface area (Å²) in [5, 5.41) is 6.67. The number of anilines is 2. The summed E-state index contributed by atoms with van der Waals surface area (Å²) in [6.45, 7) is 2.48. The Morgan fingerprint density at radius 3 is 2.95 bits per heavy atom. The quantitative estimate of drug-likeness (QED) is 0.944. The predicted molar refractivity (Wildman–Crippen MR) is 85.2 cm³/mol. The van der Waals surface area contributed by atoms with Crippen molar-refractivity contribution in [1.82, 2.24) is 9.59 Å². The molecule has 0 atom stereocenters. The summed E-state index contributed by atoms with van der Waals surface area (Å²) in [6, 6.07) is 7.35. The van der Waals surface area contributed by atoms with Gasteiger partial charge in [0.1, 0.15) is 4.88 Å². The van der Waals surface area contributed by atoms with Crippen molar-refractivity contribution in [3.8, 4) is 0 Å². The lowest BCUT2D eigenvalue weighted by Crippen LogP contribution is -2.35. The zero-order chi connectivity index (χ0) is 15.5. The summed E-state index contributed by atoms with van der Waals surface area (Å²) in [5.41, 5.74) is 2.10. The van der Waals surface area contributed by atoms with E-state index >= 15 is 0 Å². The highest BCUT2D eigenvalue weighted by Crippen LogP contribution is 2.24. The zero-order valence-electron chi connectivity index (χ0n) is 12.2. The minimum Gasteiger partial charge on any atom is -0.321 e. The van der Waals surface area contributed by atoms with Crippen molar-refractivity contribution in [1.29, 1.82) is 0 Å². The SMILES string of the molecule is Cc1nnsc1C(=O)Nc1cccc(N2CCCCC2=O)c1. The van der Waals surface area contributed by atoms with Crippen LogP contribution in [0.5, 0.6) is 0 Å². The Balaban J connectivity index is 1.78. The van der Waals surface area contributed by atoms with Crippen LogP contribution in [-0.2, 0) is 4.79 Å². The number of carbonyl (C=O) groups excluding carboxylic acids is 2. The molecule has 114 valence electrons. The van der Waals surface area contributed by atoms with Gasteiger partial charge in [-0.2, -0.15) is 0 Å². The Kier molecular flexibility index (Phi) is 4.15. The number of nitrogens with one attached hydrogen (secondary N) is 1. The van der Waals surface area contributed by atoms with Crippen molar-refractivity contribution in [2.45, 2.75) is 26.2 Å². The number of hydrogen-bond donors (Lipinski definition) is 1. The lowest BCUT2D eigenvalue weighted by atomic mass is 10.1. The summed E-state index contributed by atoms with van der Waals surface area (Å²) in [6.07, 6.45) is 2.54. The van der Waals surface area contributed by atoms with Gasteiger partial charge in [0.25, 0.3) is 5.91 Å². The molecule has 1 N–H and O–H groups in total. The highest BCUT2D eigenvalue weighted by molar-refractivity contribution is 7.08. The van der Waals surface area contributed by atoms with Crippen molar-refractivity contribution >= 4 is 34.7 Å². The predicted octanol–water partition coefficient (Wildman–Crippen LogP) is 2.62. The molecule has 0 aliphatic carbocycles. The van der Waals surface area contributed by atoms with E-state index < -0.39 is 0 Å². The number of benzene rings is 1. The van der Waals surface area contributed by atoms with Gasteiger partial charge in [0.15, 0.2) is 0 Å². The highest BCUT2D eigenvalue weighted by atomic mass is 32.1. The van der Waals surface area contributed by atoms with Crippen LogP contribution in [0.25, 0.3) is 0 Å². The smallest absolute Gasteiger partial charge is 0.269 e. The summed E-state index contributed by atoms with van der Waals surface area (Å²) < 4.78 is 3.76. The van der Waals surface area contributed by atoms with Crippen LogP contribution in [0.1, 0.15) is 34.6 Å². The monoisotopic (exact) mass is 316 g/mol.